The zero-order valence-electron chi connectivity index (χ0n) is 11.1. The highest BCUT2D eigenvalue weighted by Crippen LogP contribution is 2.33. The van der Waals surface area contributed by atoms with Crippen molar-refractivity contribution in [1.29, 1.82) is 0 Å². The van der Waals surface area contributed by atoms with Gasteiger partial charge in [0, 0.05) is 29.3 Å². The van der Waals surface area contributed by atoms with Crippen LogP contribution in [0.2, 0.25) is 0 Å². The molecule has 0 amide bonds. The third kappa shape index (κ3) is 1.74. The first-order valence-corrected chi connectivity index (χ1v) is 6.30. The van der Waals surface area contributed by atoms with Crippen LogP contribution in [0.5, 0.6) is 0 Å². The second kappa shape index (κ2) is 4.56. The average Bonchev–Trinajstić information content (AvgIpc) is 2.51. The van der Waals surface area contributed by atoms with E-state index in [2.05, 4.69) is 5.32 Å². The van der Waals surface area contributed by atoms with Gasteiger partial charge in [-0.25, -0.2) is 0 Å². The number of carbonyl (C=O) groups is 3. The summed E-state index contributed by atoms with van der Waals surface area (Å²) in [6.07, 6.45) is 0. The minimum atomic E-state index is -1.40. The number of aromatic carboxylic acids is 1. The SMILES string of the molecule is CNc1c(C(=O)[O-])ccc2c1C(=O)c1ccccc1C2=O. The predicted molar refractivity (Wildman–Crippen MR) is 73.6 cm³/mol. The molecule has 21 heavy (non-hydrogen) atoms. The summed E-state index contributed by atoms with van der Waals surface area (Å²) in [5.74, 6) is -2.06. The summed E-state index contributed by atoms with van der Waals surface area (Å²) in [4.78, 5) is 36.2. The molecule has 0 saturated carbocycles. The van der Waals surface area contributed by atoms with Crippen LogP contribution >= 0.6 is 0 Å². The maximum absolute atomic E-state index is 12.6. The van der Waals surface area contributed by atoms with Crippen molar-refractivity contribution >= 4 is 23.2 Å². The number of ketones is 2. The summed E-state index contributed by atoms with van der Waals surface area (Å²) in [6, 6.07) is 9.13. The Bertz CT molecular complexity index is 808. The van der Waals surface area contributed by atoms with Gasteiger partial charge in [-0.05, 0) is 6.07 Å². The molecular formula is C16H10NO4-. The maximum Gasteiger partial charge on any atom is 0.196 e. The highest BCUT2D eigenvalue weighted by molar-refractivity contribution is 6.30. The van der Waals surface area contributed by atoms with Crippen LogP contribution in [-0.2, 0) is 0 Å². The Morgan fingerprint density at radius 1 is 0.952 bits per heavy atom. The van der Waals surface area contributed by atoms with E-state index in [9.17, 15) is 19.5 Å². The minimum Gasteiger partial charge on any atom is -0.545 e. The molecule has 2 aromatic rings. The van der Waals surface area contributed by atoms with Gasteiger partial charge in [0.2, 0.25) is 0 Å². The van der Waals surface area contributed by atoms with Crippen LogP contribution in [0.25, 0.3) is 0 Å². The van der Waals surface area contributed by atoms with E-state index in [0.29, 0.717) is 5.56 Å². The van der Waals surface area contributed by atoms with Crippen LogP contribution in [0.15, 0.2) is 36.4 Å². The lowest BCUT2D eigenvalue weighted by Crippen LogP contribution is -2.27. The molecule has 0 aromatic heterocycles. The van der Waals surface area contributed by atoms with Crippen LogP contribution in [-0.4, -0.2) is 24.6 Å². The van der Waals surface area contributed by atoms with E-state index in [0.717, 1.165) is 0 Å². The van der Waals surface area contributed by atoms with Crippen LogP contribution in [0.4, 0.5) is 5.69 Å². The number of anilines is 1. The van der Waals surface area contributed by atoms with E-state index in [4.69, 9.17) is 0 Å². The Kier molecular flexibility index (Phi) is 2.83. The van der Waals surface area contributed by atoms with Gasteiger partial charge < -0.3 is 15.2 Å². The molecule has 0 heterocycles. The Hall–Kier alpha value is -2.95. The Labute approximate surface area is 120 Å². The van der Waals surface area contributed by atoms with Crippen molar-refractivity contribution in [3.05, 3.63) is 64.2 Å². The number of benzene rings is 2. The molecule has 0 unspecified atom stereocenters. The molecule has 0 bridgehead atoms. The number of hydrogen-bond donors (Lipinski definition) is 1. The van der Waals surface area contributed by atoms with Gasteiger partial charge in [0.05, 0.1) is 17.2 Å². The smallest absolute Gasteiger partial charge is 0.196 e. The quantitative estimate of drug-likeness (QED) is 0.752. The molecule has 0 atom stereocenters. The number of nitrogens with one attached hydrogen (secondary N) is 1. The van der Waals surface area contributed by atoms with Gasteiger partial charge in [0.25, 0.3) is 0 Å². The molecule has 104 valence electrons. The van der Waals surface area contributed by atoms with Crippen LogP contribution < -0.4 is 10.4 Å². The van der Waals surface area contributed by atoms with Gasteiger partial charge >= 0.3 is 0 Å². The number of carboxylic acid groups (broad SMARTS) is 1. The van der Waals surface area contributed by atoms with Gasteiger partial charge in [-0.15, -0.1) is 0 Å². The van der Waals surface area contributed by atoms with Gasteiger partial charge in [-0.1, -0.05) is 30.3 Å². The fourth-order valence-corrected chi connectivity index (χ4v) is 2.62. The zero-order valence-corrected chi connectivity index (χ0v) is 11.1. The van der Waals surface area contributed by atoms with Crippen molar-refractivity contribution in [3.8, 4) is 0 Å². The molecule has 1 N–H and O–H groups in total. The Morgan fingerprint density at radius 2 is 1.57 bits per heavy atom. The van der Waals surface area contributed by atoms with Crippen LogP contribution in [0.1, 0.15) is 42.2 Å². The molecular weight excluding hydrogens is 270 g/mol. The largest absolute Gasteiger partial charge is 0.545 e. The monoisotopic (exact) mass is 280 g/mol. The van der Waals surface area contributed by atoms with E-state index in [-0.39, 0.29) is 39.5 Å². The minimum absolute atomic E-state index is 0.0860. The fraction of sp³-hybridized carbons (Fsp3) is 0.0625. The number of rotatable bonds is 2. The van der Waals surface area contributed by atoms with E-state index >= 15 is 0 Å². The van der Waals surface area contributed by atoms with Crippen LogP contribution in [0.3, 0.4) is 0 Å². The molecule has 2 aromatic carbocycles. The highest BCUT2D eigenvalue weighted by Gasteiger charge is 2.32. The van der Waals surface area contributed by atoms with Gasteiger partial charge in [-0.2, -0.15) is 0 Å². The summed E-state index contributed by atoms with van der Waals surface area (Å²) in [7, 11) is 1.50. The van der Waals surface area contributed by atoms with E-state index < -0.39 is 5.97 Å². The summed E-state index contributed by atoms with van der Waals surface area (Å²) in [5.41, 5.74) is 0.869. The van der Waals surface area contributed by atoms with E-state index in [1.54, 1.807) is 24.3 Å². The first kappa shape index (κ1) is 13.1. The summed E-state index contributed by atoms with van der Waals surface area (Å²) in [6.45, 7) is 0. The molecule has 0 fully saturated rings. The molecule has 0 aliphatic heterocycles. The van der Waals surface area contributed by atoms with Crippen molar-refractivity contribution in [2.24, 2.45) is 0 Å². The normalized spacial score (nSPS) is 12.6. The number of carbonyl (C=O) groups excluding carboxylic acids is 3. The van der Waals surface area contributed by atoms with E-state index in [1.807, 2.05) is 0 Å². The Balaban J connectivity index is 2.35. The summed E-state index contributed by atoms with van der Waals surface area (Å²) in [5, 5.41) is 13.8. The predicted octanol–water partition coefficient (Wildman–Crippen LogP) is 0.867. The van der Waals surface area contributed by atoms with Crippen LogP contribution in [0, 0.1) is 0 Å². The average molecular weight is 280 g/mol. The topological polar surface area (TPSA) is 86.3 Å². The van der Waals surface area contributed by atoms with Crippen molar-refractivity contribution in [2.75, 3.05) is 12.4 Å². The molecule has 0 saturated heterocycles. The second-order valence-electron chi connectivity index (χ2n) is 4.65. The van der Waals surface area contributed by atoms with Gasteiger partial charge in [-0.3, -0.25) is 9.59 Å². The van der Waals surface area contributed by atoms with Crippen molar-refractivity contribution in [3.63, 3.8) is 0 Å². The first-order chi connectivity index (χ1) is 10.1. The molecule has 1 aliphatic carbocycles. The first-order valence-electron chi connectivity index (χ1n) is 6.30. The third-order valence-corrected chi connectivity index (χ3v) is 3.56. The molecule has 0 radical (unpaired) electrons. The second-order valence-corrected chi connectivity index (χ2v) is 4.65. The molecule has 5 nitrogen and oxygen atoms in total. The molecule has 3 rings (SSSR count). The zero-order chi connectivity index (χ0) is 15.1. The Morgan fingerprint density at radius 3 is 2.14 bits per heavy atom. The molecule has 5 heteroatoms. The maximum atomic E-state index is 12.6. The molecule has 0 spiro atoms. The summed E-state index contributed by atoms with van der Waals surface area (Å²) < 4.78 is 0. The van der Waals surface area contributed by atoms with Crippen molar-refractivity contribution in [1.82, 2.24) is 0 Å². The summed E-state index contributed by atoms with van der Waals surface area (Å²) >= 11 is 0. The number of carboxylic acids is 1. The van der Waals surface area contributed by atoms with E-state index in [1.165, 1.54) is 19.2 Å². The third-order valence-electron chi connectivity index (χ3n) is 3.56. The lowest BCUT2D eigenvalue weighted by molar-refractivity contribution is -0.254. The number of fused-ring (bicyclic) bond motifs is 2. The lowest BCUT2D eigenvalue weighted by atomic mass is 9.82. The van der Waals surface area contributed by atoms with Crippen molar-refractivity contribution in [2.45, 2.75) is 0 Å². The number of hydrogen-bond acceptors (Lipinski definition) is 5. The fourth-order valence-electron chi connectivity index (χ4n) is 2.62. The highest BCUT2D eigenvalue weighted by atomic mass is 16.4. The standard InChI is InChI=1S/C16H11NO4/c1-17-13-11(16(20)21)7-6-10-12(13)15(19)9-5-3-2-4-8(9)14(10)18/h2-7,17H,1H3,(H,20,21)/p-1. The lowest BCUT2D eigenvalue weighted by Gasteiger charge is -2.22. The van der Waals surface area contributed by atoms with Crippen molar-refractivity contribution < 1.29 is 19.5 Å². The molecule has 1 aliphatic rings. The van der Waals surface area contributed by atoms with Gasteiger partial charge in [0.15, 0.2) is 11.6 Å². The van der Waals surface area contributed by atoms with Gasteiger partial charge in [0.1, 0.15) is 0 Å².